The van der Waals surface area contributed by atoms with E-state index in [1.807, 2.05) is 7.05 Å². The third-order valence-corrected chi connectivity index (χ3v) is 6.59. The van der Waals surface area contributed by atoms with Crippen molar-refractivity contribution in [3.63, 3.8) is 0 Å². The predicted molar refractivity (Wildman–Crippen MR) is 123 cm³/mol. The number of piperidine rings is 1. The van der Waals surface area contributed by atoms with Crippen LogP contribution in [0.25, 0.3) is 0 Å². The Balaban J connectivity index is 1.30. The molecule has 3 rings (SSSR count). The lowest BCUT2D eigenvalue weighted by Gasteiger charge is -2.39. The number of likely N-dealkylation sites (tertiary alicyclic amines) is 1. The summed E-state index contributed by atoms with van der Waals surface area (Å²) in [6.45, 7) is 13.8. The summed E-state index contributed by atoms with van der Waals surface area (Å²) in [4.78, 5) is 23.9. The van der Waals surface area contributed by atoms with Crippen molar-refractivity contribution in [3.8, 4) is 0 Å². The third-order valence-electron chi connectivity index (χ3n) is 6.59. The van der Waals surface area contributed by atoms with Crippen LogP contribution >= 0.6 is 0 Å². The molecule has 3 saturated heterocycles. The number of rotatable bonds is 7. The number of hydrogen-bond acceptors (Lipinski definition) is 5. The number of aliphatic imine (C=N–C) groups is 1. The second kappa shape index (κ2) is 12.6. The standard InChI is InChI=1S/C23H43N5O3/c1-19-15-20(2)17-28(16-19)22(29)18-26-8-10-27(11-9-26)23(24-3)25-7-4-12-31-21-5-13-30-14-6-21/h19-21H,4-18H2,1-3H3,(H,24,25). The molecular formula is C23H43N5O3. The Kier molecular flexibility index (Phi) is 9.87. The van der Waals surface area contributed by atoms with Crippen molar-refractivity contribution in [2.75, 3.05) is 79.2 Å². The smallest absolute Gasteiger partial charge is 0.236 e. The van der Waals surface area contributed by atoms with Gasteiger partial charge in [-0.3, -0.25) is 14.7 Å². The summed E-state index contributed by atoms with van der Waals surface area (Å²) in [5.74, 6) is 2.47. The van der Waals surface area contributed by atoms with Gasteiger partial charge in [0.05, 0.1) is 12.6 Å². The number of guanidine groups is 1. The molecule has 0 bridgehead atoms. The van der Waals surface area contributed by atoms with Gasteiger partial charge in [-0.05, 0) is 37.5 Å². The molecule has 2 atom stereocenters. The van der Waals surface area contributed by atoms with Crippen LogP contribution in [0, 0.1) is 11.8 Å². The molecule has 3 aliphatic rings. The Bertz CT molecular complexity index is 564. The van der Waals surface area contributed by atoms with E-state index in [0.717, 1.165) is 90.9 Å². The normalized spacial score (nSPS) is 26.9. The van der Waals surface area contributed by atoms with Crippen molar-refractivity contribution in [2.45, 2.75) is 45.6 Å². The number of hydrogen-bond donors (Lipinski definition) is 1. The summed E-state index contributed by atoms with van der Waals surface area (Å²) in [5, 5.41) is 3.47. The highest BCUT2D eigenvalue weighted by Crippen LogP contribution is 2.21. The third kappa shape index (κ3) is 7.91. The monoisotopic (exact) mass is 437 g/mol. The van der Waals surface area contributed by atoms with E-state index in [-0.39, 0.29) is 0 Å². The minimum atomic E-state index is 0.291. The zero-order valence-corrected chi connectivity index (χ0v) is 19.9. The molecule has 1 amide bonds. The highest BCUT2D eigenvalue weighted by Gasteiger charge is 2.28. The molecule has 0 aromatic carbocycles. The molecule has 8 heteroatoms. The van der Waals surface area contributed by atoms with E-state index >= 15 is 0 Å². The van der Waals surface area contributed by atoms with Crippen LogP contribution in [0.5, 0.6) is 0 Å². The minimum absolute atomic E-state index is 0.291. The van der Waals surface area contributed by atoms with Crippen LogP contribution in [0.4, 0.5) is 0 Å². The largest absolute Gasteiger partial charge is 0.381 e. The molecular weight excluding hydrogens is 394 g/mol. The molecule has 0 aromatic rings. The summed E-state index contributed by atoms with van der Waals surface area (Å²) >= 11 is 0. The zero-order chi connectivity index (χ0) is 22.1. The summed E-state index contributed by atoms with van der Waals surface area (Å²) in [6.07, 6.45) is 4.59. The maximum atomic E-state index is 12.8. The van der Waals surface area contributed by atoms with Crippen LogP contribution < -0.4 is 5.32 Å². The second-order valence-corrected chi connectivity index (χ2v) is 9.52. The molecule has 178 valence electrons. The first-order valence-corrected chi connectivity index (χ1v) is 12.2. The first kappa shape index (κ1) is 24.3. The average Bonchev–Trinajstić information content (AvgIpc) is 2.77. The van der Waals surface area contributed by atoms with Crippen LogP contribution in [0.15, 0.2) is 4.99 Å². The highest BCUT2D eigenvalue weighted by molar-refractivity contribution is 5.80. The number of carbonyl (C=O) groups excluding carboxylic acids is 1. The summed E-state index contributed by atoms with van der Waals surface area (Å²) < 4.78 is 11.3. The zero-order valence-electron chi connectivity index (χ0n) is 19.9. The van der Waals surface area contributed by atoms with E-state index in [9.17, 15) is 4.79 Å². The number of piperazine rings is 1. The lowest BCUT2D eigenvalue weighted by molar-refractivity contribution is -0.135. The molecule has 3 fully saturated rings. The molecule has 3 aliphatic heterocycles. The molecule has 0 radical (unpaired) electrons. The molecule has 8 nitrogen and oxygen atoms in total. The number of nitrogens with zero attached hydrogens (tertiary/aromatic N) is 4. The van der Waals surface area contributed by atoms with Gasteiger partial charge in [-0.25, -0.2) is 0 Å². The molecule has 31 heavy (non-hydrogen) atoms. The van der Waals surface area contributed by atoms with E-state index in [1.165, 1.54) is 6.42 Å². The van der Waals surface area contributed by atoms with E-state index < -0.39 is 0 Å². The van der Waals surface area contributed by atoms with Crippen LogP contribution in [0.1, 0.15) is 39.5 Å². The quantitative estimate of drug-likeness (QED) is 0.368. The molecule has 2 unspecified atom stereocenters. The van der Waals surface area contributed by atoms with Gasteiger partial charge in [-0.1, -0.05) is 13.8 Å². The van der Waals surface area contributed by atoms with Crippen molar-refractivity contribution >= 4 is 11.9 Å². The van der Waals surface area contributed by atoms with Gasteiger partial charge in [0.25, 0.3) is 0 Å². The molecule has 0 aromatic heterocycles. The number of ether oxygens (including phenoxy) is 2. The van der Waals surface area contributed by atoms with Crippen LogP contribution in [0.2, 0.25) is 0 Å². The van der Waals surface area contributed by atoms with Gasteiger partial charge in [0.1, 0.15) is 0 Å². The van der Waals surface area contributed by atoms with Crippen LogP contribution in [-0.4, -0.2) is 112 Å². The van der Waals surface area contributed by atoms with E-state index in [2.05, 4.69) is 38.9 Å². The van der Waals surface area contributed by atoms with Crippen molar-refractivity contribution in [1.29, 1.82) is 0 Å². The van der Waals surface area contributed by atoms with Crippen molar-refractivity contribution in [2.24, 2.45) is 16.8 Å². The van der Waals surface area contributed by atoms with Gasteiger partial charge in [0.2, 0.25) is 5.91 Å². The second-order valence-electron chi connectivity index (χ2n) is 9.52. The topological polar surface area (TPSA) is 69.6 Å². The fourth-order valence-electron chi connectivity index (χ4n) is 4.97. The first-order chi connectivity index (χ1) is 15.0. The number of amides is 1. The molecule has 3 heterocycles. The van der Waals surface area contributed by atoms with Gasteiger partial charge < -0.3 is 24.6 Å². The van der Waals surface area contributed by atoms with Gasteiger partial charge in [0.15, 0.2) is 5.96 Å². The lowest BCUT2D eigenvalue weighted by atomic mass is 9.92. The maximum absolute atomic E-state index is 12.8. The molecule has 0 saturated carbocycles. The minimum Gasteiger partial charge on any atom is -0.381 e. The Morgan fingerprint density at radius 1 is 1.06 bits per heavy atom. The highest BCUT2D eigenvalue weighted by atomic mass is 16.5. The fraction of sp³-hybridized carbons (Fsp3) is 0.913. The number of nitrogens with one attached hydrogen (secondary N) is 1. The van der Waals surface area contributed by atoms with Gasteiger partial charge >= 0.3 is 0 Å². The Hall–Kier alpha value is -1.38. The van der Waals surface area contributed by atoms with Gasteiger partial charge in [-0.2, -0.15) is 0 Å². The summed E-state index contributed by atoms with van der Waals surface area (Å²) in [7, 11) is 1.84. The Morgan fingerprint density at radius 2 is 1.74 bits per heavy atom. The lowest BCUT2D eigenvalue weighted by Crippen LogP contribution is -2.55. The van der Waals surface area contributed by atoms with Gasteiger partial charge in [-0.15, -0.1) is 0 Å². The van der Waals surface area contributed by atoms with Crippen molar-refractivity contribution in [1.82, 2.24) is 20.0 Å². The first-order valence-electron chi connectivity index (χ1n) is 12.2. The van der Waals surface area contributed by atoms with E-state index in [4.69, 9.17) is 9.47 Å². The average molecular weight is 438 g/mol. The van der Waals surface area contributed by atoms with E-state index in [1.54, 1.807) is 0 Å². The van der Waals surface area contributed by atoms with Gasteiger partial charge in [0, 0.05) is 72.7 Å². The Labute approximate surface area is 188 Å². The summed E-state index contributed by atoms with van der Waals surface area (Å²) in [5.41, 5.74) is 0. The van der Waals surface area contributed by atoms with Crippen molar-refractivity contribution in [3.05, 3.63) is 0 Å². The Morgan fingerprint density at radius 3 is 2.39 bits per heavy atom. The fourth-order valence-corrected chi connectivity index (χ4v) is 4.97. The van der Waals surface area contributed by atoms with Crippen LogP contribution in [-0.2, 0) is 14.3 Å². The maximum Gasteiger partial charge on any atom is 0.236 e. The van der Waals surface area contributed by atoms with Crippen LogP contribution in [0.3, 0.4) is 0 Å². The SMILES string of the molecule is CN=C(NCCCOC1CCOCC1)N1CCN(CC(=O)N2CC(C)CC(C)C2)CC1. The number of carbonyl (C=O) groups is 1. The molecule has 0 aliphatic carbocycles. The predicted octanol–water partition coefficient (Wildman–Crippen LogP) is 1.27. The molecule has 1 N–H and O–H groups in total. The van der Waals surface area contributed by atoms with E-state index in [0.29, 0.717) is 30.4 Å². The summed E-state index contributed by atoms with van der Waals surface area (Å²) in [6, 6.07) is 0. The molecule has 0 spiro atoms. The van der Waals surface area contributed by atoms with Crippen molar-refractivity contribution < 1.29 is 14.3 Å².